The summed E-state index contributed by atoms with van der Waals surface area (Å²) in [6.45, 7) is 1.77. The first-order valence-electron chi connectivity index (χ1n) is 13.1. The summed E-state index contributed by atoms with van der Waals surface area (Å²) in [6, 6.07) is 24.9. The first-order valence-corrected chi connectivity index (χ1v) is 14.8. The van der Waals surface area contributed by atoms with Gasteiger partial charge in [-0.2, -0.15) is 0 Å². The average Bonchev–Trinajstić information content (AvgIpc) is 3.70. The third kappa shape index (κ3) is 8.06. The first-order chi connectivity index (χ1) is 20.8. The van der Waals surface area contributed by atoms with Crippen LogP contribution in [0.25, 0.3) is 17.3 Å². The largest absolute Gasteiger partial charge is 0.465 e. The molecule has 0 bridgehead atoms. The number of thioether (sulfide) groups is 1. The molecule has 2 heterocycles. The molecule has 1 unspecified atom stereocenters. The number of thiazole rings is 1. The zero-order valence-corrected chi connectivity index (χ0v) is 24.4. The minimum atomic E-state index is -0.547. The van der Waals surface area contributed by atoms with Gasteiger partial charge in [-0.05, 0) is 73.7 Å². The van der Waals surface area contributed by atoms with Crippen LogP contribution in [0.4, 0.5) is 15.2 Å². The lowest BCUT2D eigenvalue weighted by Crippen LogP contribution is -2.30. The van der Waals surface area contributed by atoms with Crippen molar-refractivity contribution in [3.8, 4) is 11.3 Å². The number of aromatic nitrogens is 1. The number of nitrogens with one attached hydrogen (secondary N) is 3. The lowest BCUT2D eigenvalue weighted by atomic mass is 10.2. The summed E-state index contributed by atoms with van der Waals surface area (Å²) >= 11 is 2.59. The summed E-state index contributed by atoms with van der Waals surface area (Å²) < 4.78 is 18.6. The van der Waals surface area contributed by atoms with Crippen molar-refractivity contribution in [1.29, 1.82) is 0 Å². The molecule has 3 aromatic carbocycles. The fourth-order valence-electron chi connectivity index (χ4n) is 3.85. The van der Waals surface area contributed by atoms with Crippen LogP contribution in [0.3, 0.4) is 0 Å². The Labute approximate surface area is 255 Å². The molecular weight excluding hydrogens is 588 g/mol. The first kappa shape index (κ1) is 29.5. The predicted molar refractivity (Wildman–Crippen MR) is 167 cm³/mol. The minimum Gasteiger partial charge on any atom is -0.465 e. The van der Waals surface area contributed by atoms with E-state index in [2.05, 4.69) is 20.9 Å². The van der Waals surface area contributed by atoms with Gasteiger partial charge in [0.15, 0.2) is 5.13 Å². The van der Waals surface area contributed by atoms with Crippen LogP contribution < -0.4 is 16.0 Å². The number of nitrogens with zero attached hydrogens (tertiary/aromatic N) is 1. The Morgan fingerprint density at radius 2 is 1.74 bits per heavy atom. The van der Waals surface area contributed by atoms with Crippen LogP contribution in [0, 0.1) is 5.82 Å². The number of rotatable bonds is 10. The van der Waals surface area contributed by atoms with Crippen molar-refractivity contribution < 1.29 is 23.2 Å². The number of carbonyl (C=O) groups excluding carboxylic acids is 3. The molecule has 5 aromatic rings. The van der Waals surface area contributed by atoms with E-state index < -0.39 is 17.1 Å². The highest BCUT2D eigenvalue weighted by atomic mass is 32.2. The Kier molecular flexibility index (Phi) is 9.45. The molecule has 216 valence electrons. The third-order valence-corrected chi connectivity index (χ3v) is 7.86. The summed E-state index contributed by atoms with van der Waals surface area (Å²) in [6.07, 6.45) is 2.92. The van der Waals surface area contributed by atoms with E-state index in [1.54, 1.807) is 85.1 Å². The van der Waals surface area contributed by atoms with Crippen molar-refractivity contribution >= 4 is 57.7 Å². The molecule has 0 saturated carbocycles. The number of hydrogen-bond acceptors (Lipinski definition) is 7. The van der Waals surface area contributed by atoms with Crippen molar-refractivity contribution in [3.63, 3.8) is 0 Å². The van der Waals surface area contributed by atoms with Crippen molar-refractivity contribution in [3.05, 3.63) is 125 Å². The highest BCUT2D eigenvalue weighted by Crippen LogP contribution is 2.29. The summed E-state index contributed by atoms with van der Waals surface area (Å²) in [5, 5.41) is 10.0. The van der Waals surface area contributed by atoms with Crippen molar-refractivity contribution in [1.82, 2.24) is 10.3 Å². The van der Waals surface area contributed by atoms with Crippen LogP contribution in [-0.2, 0) is 9.59 Å². The zero-order chi connectivity index (χ0) is 30.2. The van der Waals surface area contributed by atoms with Gasteiger partial charge in [-0.1, -0.05) is 24.3 Å². The van der Waals surface area contributed by atoms with E-state index in [4.69, 9.17) is 4.42 Å². The maximum atomic E-state index is 13.2. The summed E-state index contributed by atoms with van der Waals surface area (Å²) in [7, 11) is 0. The van der Waals surface area contributed by atoms with Crippen LogP contribution in [0.2, 0.25) is 0 Å². The number of hydrogen-bond donors (Lipinski definition) is 3. The molecule has 8 nitrogen and oxygen atoms in total. The normalized spacial score (nSPS) is 11.9. The van der Waals surface area contributed by atoms with Gasteiger partial charge in [-0.15, -0.1) is 23.1 Å². The Hall–Kier alpha value is -5.00. The number of anilines is 2. The quantitative estimate of drug-likeness (QED) is 0.115. The number of furan rings is 1. The standard InChI is InChI=1S/C32H25FN4O4S2/c1-20(29(38)37-32-36-28(19-42-32)21-12-14-23(33)15-13-21)43-26-11-5-9-24(17-26)34-31(40)27(18-25-10-6-16-41-25)35-30(39)22-7-3-2-4-8-22/h2-20H,1H3,(H,34,40)(H,35,39)(H,36,37,38)/b27-18-. The molecule has 3 amide bonds. The summed E-state index contributed by atoms with van der Waals surface area (Å²) in [4.78, 5) is 44.1. The van der Waals surface area contributed by atoms with Gasteiger partial charge in [-0.3, -0.25) is 14.4 Å². The number of amides is 3. The second-order valence-corrected chi connectivity index (χ2v) is 11.4. The van der Waals surface area contributed by atoms with Gasteiger partial charge in [0.05, 0.1) is 17.2 Å². The van der Waals surface area contributed by atoms with Crippen LogP contribution in [0.15, 0.2) is 118 Å². The van der Waals surface area contributed by atoms with Crippen LogP contribution >= 0.6 is 23.1 Å². The Bertz CT molecular complexity index is 1750. The summed E-state index contributed by atoms with van der Waals surface area (Å²) in [5.41, 5.74) is 2.27. The molecule has 0 aliphatic carbocycles. The maximum Gasteiger partial charge on any atom is 0.272 e. The van der Waals surface area contributed by atoms with Gasteiger partial charge in [0.1, 0.15) is 17.3 Å². The molecule has 0 saturated heterocycles. The monoisotopic (exact) mass is 612 g/mol. The van der Waals surface area contributed by atoms with E-state index in [1.165, 1.54) is 47.6 Å². The smallest absolute Gasteiger partial charge is 0.272 e. The van der Waals surface area contributed by atoms with E-state index >= 15 is 0 Å². The minimum absolute atomic E-state index is 0.00180. The Morgan fingerprint density at radius 3 is 2.49 bits per heavy atom. The molecule has 0 aliphatic rings. The number of benzene rings is 3. The van der Waals surface area contributed by atoms with Gasteiger partial charge >= 0.3 is 0 Å². The number of halogens is 1. The van der Waals surface area contributed by atoms with E-state index in [0.29, 0.717) is 27.8 Å². The third-order valence-electron chi connectivity index (χ3n) is 6.01. The SMILES string of the molecule is CC(Sc1cccc(NC(=O)/C(=C/c2ccco2)NC(=O)c2ccccc2)c1)C(=O)Nc1nc(-c2ccc(F)cc2)cs1. The van der Waals surface area contributed by atoms with Gasteiger partial charge in [0.2, 0.25) is 5.91 Å². The molecular formula is C32H25FN4O4S2. The molecule has 0 radical (unpaired) electrons. The van der Waals surface area contributed by atoms with Crippen LogP contribution in [0.1, 0.15) is 23.0 Å². The molecule has 0 spiro atoms. The second kappa shape index (κ2) is 13.8. The van der Waals surface area contributed by atoms with Gasteiger partial charge in [0.25, 0.3) is 11.8 Å². The molecule has 3 N–H and O–H groups in total. The highest BCUT2D eigenvalue weighted by molar-refractivity contribution is 8.00. The van der Waals surface area contributed by atoms with Crippen molar-refractivity contribution in [2.45, 2.75) is 17.1 Å². The molecule has 5 rings (SSSR count). The van der Waals surface area contributed by atoms with Gasteiger partial charge in [0, 0.05) is 33.2 Å². The fraction of sp³-hybridized carbons (Fsp3) is 0.0625. The second-order valence-electron chi connectivity index (χ2n) is 9.17. The number of carbonyl (C=O) groups is 3. The molecule has 0 aliphatic heterocycles. The Morgan fingerprint density at radius 1 is 0.953 bits per heavy atom. The lowest BCUT2D eigenvalue weighted by Gasteiger charge is -2.13. The van der Waals surface area contributed by atoms with E-state index in [-0.39, 0.29) is 17.4 Å². The molecule has 43 heavy (non-hydrogen) atoms. The van der Waals surface area contributed by atoms with E-state index in [1.807, 2.05) is 6.07 Å². The lowest BCUT2D eigenvalue weighted by molar-refractivity contribution is -0.115. The van der Waals surface area contributed by atoms with Crippen LogP contribution in [-0.4, -0.2) is 28.0 Å². The van der Waals surface area contributed by atoms with Gasteiger partial charge in [-0.25, -0.2) is 9.37 Å². The Balaban J connectivity index is 1.22. The fourth-order valence-corrected chi connectivity index (χ4v) is 5.50. The zero-order valence-electron chi connectivity index (χ0n) is 22.7. The molecule has 0 fully saturated rings. The molecule has 11 heteroatoms. The van der Waals surface area contributed by atoms with E-state index in [9.17, 15) is 18.8 Å². The topological polar surface area (TPSA) is 113 Å². The van der Waals surface area contributed by atoms with E-state index in [0.717, 1.165) is 10.5 Å². The van der Waals surface area contributed by atoms with Crippen molar-refractivity contribution in [2.24, 2.45) is 0 Å². The molecule has 1 atom stereocenters. The highest BCUT2D eigenvalue weighted by Gasteiger charge is 2.19. The summed E-state index contributed by atoms with van der Waals surface area (Å²) in [5.74, 6) is -1.17. The van der Waals surface area contributed by atoms with Crippen LogP contribution in [0.5, 0.6) is 0 Å². The van der Waals surface area contributed by atoms with Gasteiger partial charge < -0.3 is 20.4 Å². The molecule has 2 aromatic heterocycles. The average molecular weight is 613 g/mol. The van der Waals surface area contributed by atoms with Crippen molar-refractivity contribution in [2.75, 3.05) is 10.6 Å². The maximum absolute atomic E-state index is 13.2. The predicted octanol–water partition coefficient (Wildman–Crippen LogP) is 7.07.